The highest BCUT2D eigenvalue weighted by Crippen LogP contribution is 2.18. The lowest BCUT2D eigenvalue weighted by molar-refractivity contribution is -0.101. The number of halogens is 2. The molecule has 1 aromatic carbocycles. The fourth-order valence-electron chi connectivity index (χ4n) is 2.26. The topological polar surface area (TPSA) is 30.5 Å². The van der Waals surface area contributed by atoms with Crippen LogP contribution in [-0.4, -0.2) is 38.5 Å². The molecule has 1 aliphatic rings. The van der Waals surface area contributed by atoms with E-state index >= 15 is 0 Å². The Balaban J connectivity index is 2.06. The SMILES string of the molecule is CCNC(Cc1ccc(Cl)cc1F)C1COCCO1. The molecule has 0 aromatic heterocycles. The molecule has 1 aliphatic heterocycles. The zero-order chi connectivity index (χ0) is 13.7. The van der Waals surface area contributed by atoms with Gasteiger partial charge in [-0.15, -0.1) is 0 Å². The molecule has 0 spiro atoms. The molecule has 1 saturated heterocycles. The molecule has 2 atom stereocenters. The Hall–Kier alpha value is -0.680. The number of nitrogens with one attached hydrogen (secondary N) is 1. The van der Waals surface area contributed by atoms with E-state index in [4.69, 9.17) is 21.1 Å². The summed E-state index contributed by atoms with van der Waals surface area (Å²) in [6.07, 6.45) is 0.522. The Labute approximate surface area is 118 Å². The molecule has 0 aliphatic carbocycles. The lowest BCUT2D eigenvalue weighted by Crippen LogP contribution is -2.48. The van der Waals surface area contributed by atoms with Gasteiger partial charge in [0.1, 0.15) is 5.82 Å². The van der Waals surface area contributed by atoms with Crippen LogP contribution in [-0.2, 0) is 15.9 Å². The maximum atomic E-state index is 13.8. The van der Waals surface area contributed by atoms with Crippen molar-refractivity contribution in [2.24, 2.45) is 0 Å². The third-order valence-corrected chi connectivity index (χ3v) is 3.45. The second-order valence-corrected chi connectivity index (χ2v) is 5.02. The Morgan fingerprint density at radius 3 is 2.95 bits per heavy atom. The molecule has 1 aromatic rings. The van der Waals surface area contributed by atoms with E-state index in [1.54, 1.807) is 12.1 Å². The molecule has 5 heteroatoms. The van der Waals surface area contributed by atoms with Gasteiger partial charge in [0.15, 0.2) is 0 Å². The van der Waals surface area contributed by atoms with Crippen molar-refractivity contribution in [3.8, 4) is 0 Å². The quantitative estimate of drug-likeness (QED) is 0.902. The fraction of sp³-hybridized carbons (Fsp3) is 0.571. The summed E-state index contributed by atoms with van der Waals surface area (Å²) in [5, 5.41) is 3.75. The van der Waals surface area contributed by atoms with Crippen LogP contribution < -0.4 is 5.32 Å². The molecule has 1 fully saturated rings. The molecule has 106 valence electrons. The zero-order valence-corrected chi connectivity index (χ0v) is 11.8. The van der Waals surface area contributed by atoms with E-state index < -0.39 is 0 Å². The van der Waals surface area contributed by atoms with Gasteiger partial charge in [-0.3, -0.25) is 0 Å². The van der Waals surface area contributed by atoms with Crippen molar-refractivity contribution in [2.45, 2.75) is 25.5 Å². The Kier molecular flexibility index (Phi) is 5.58. The van der Waals surface area contributed by atoms with Crippen LogP contribution in [0.2, 0.25) is 5.02 Å². The predicted molar refractivity (Wildman–Crippen MR) is 73.1 cm³/mol. The number of hydrogen-bond acceptors (Lipinski definition) is 3. The lowest BCUT2D eigenvalue weighted by atomic mass is 10.0. The van der Waals surface area contributed by atoms with Crippen LogP contribution in [0.15, 0.2) is 18.2 Å². The van der Waals surface area contributed by atoms with Crippen molar-refractivity contribution in [3.63, 3.8) is 0 Å². The van der Waals surface area contributed by atoms with Gasteiger partial charge in [-0.1, -0.05) is 24.6 Å². The summed E-state index contributed by atoms with van der Waals surface area (Å²) in [6, 6.07) is 4.83. The summed E-state index contributed by atoms with van der Waals surface area (Å²) in [4.78, 5) is 0. The largest absolute Gasteiger partial charge is 0.376 e. The van der Waals surface area contributed by atoms with E-state index in [9.17, 15) is 4.39 Å². The monoisotopic (exact) mass is 287 g/mol. The van der Waals surface area contributed by atoms with Gasteiger partial charge in [0.05, 0.1) is 25.9 Å². The lowest BCUT2D eigenvalue weighted by Gasteiger charge is -2.31. The summed E-state index contributed by atoms with van der Waals surface area (Å²) >= 11 is 5.76. The van der Waals surface area contributed by atoms with E-state index in [2.05, 4.69) is 5.32 Å². The number of hydrogen-bond donors (Lipinski definition) is 1. The first kappa shape index (κ1) is 14.7. The number of ether oxygens (including phenoxy) is 2. The van der Waals surface area contributed by atoms with Gasteiger partial charge < -0.3 is 14.8 Å². The average molecular weight is 288 g/mol. The van der Waals surface area contributed by atoms with Crippen molar-refractivity contribution < 1.29 is 13.9 Å². The molecular formula is C14H19ClFNO2. The summed E-state index contributed by atoms with van der Waals surface area (Å²) in [6.45, 7) is 4.60. The Bertz CT molecular complexity index is 410. The van der Waals surface area contributed by atoms with Crippen LogP contribution in [0.5, 0.6) is 0 Å². The second-order valence-electron chi connectivity index (χ2n) is 4.59. The molecular weight excluding hydrogens is 269 g/mol. The van der Waals surface area contributed by atoms with Crippen LogP contribution >= 0.6 is 11.6 Å². The first-order chi connectivity index (χ1) is 9.20. The van der Waals surface area contributed by atoms with E-state index in [1.807, 2.05) is 6.92 Å². The molecule has 0 amide bonds. The number of benzene rings is 1. The minimum atomic E-state index is -0.271. The van der Waals surface area contributed by atoms with Gasteiger partial charge in [-0.2, -0.15) is 0 Å². The van der Waals surface area contributed by atoms with Crippen LogP contribution in [0.1, 0.15) is 12.5 Å². The Morgan fingerprint density at radius 2 is 2.32 bits per heavy atom. The standard InChI is InChI=1S/C14H19ClFNO2/c1-2-17-13(14-9-18-5-6-19-14)7-10-3-4-11(15)8-12(10)16/h3-4,8,13-14,17H,2,5-7,9H2,1H3. The van der Waals surface area contributed by atoms with Gasteiger partial charge in [-0.25, -0.2) is 4.39 Å². The second kappa shape index (κ2) is 7.20. The van der Waals surface area contributed by atoms with Crippen LogP contribution in [0.3, 0.4) is 0 Å². The van der Waals surface area contributed by atoms with Gasteiger partial charge in [0.25, 0.3) is 0 Å². The third-order valence-electron chi connectivity index (χ3n) is 3.21. The number of likely N-dealkylation sites (N-methyl/N-ethyl adjacent to an activating group) is 1. The summed E-state index contributed by atoms with van der Waals surface area (Å²) in [5.74, 6) is -0.271. The molecule has 0 bridgehead atoms. The van der Waals surface area contributed by atoms with Crippen molar-refractivity contribution >= 4 is 11.6 Å². The normalized spacial score (nSPS) is 21.3. The van der Waals surface area contributed by atoms with Crippen LogP contribution in [0.4, 0.5) is 4.39 Å². The van der Waals surface area contributed by atoms with Crippen molar-refractivity contribution in [1.29, 1.82) is 0 Å². The molecule has 0 saturated carbocycles. The minimum absolute atomic E-state index is 0.0382. The van der Waals surface area contributed by atoms with Crippen LogP contribution in [0, 0.1) is 5.82 Å². The average Bonchev–Trinajstić information content (AvgIpc) is 2.42. The van der Waals surface area contributed by atoms with Crippen molar-refractivity contribution in [2.75, 3.05) is 26.4 Å². The van der Waals surface area contributed by atoms with E-state index in [1.165, 1.54) is 6.07 Å². The molecule has 19 heavy (non-hydrogen) atoms. The van der Waals surface area contributed by atoms with Gasteiger partial charge in [0, 0.05) is 11.1 Å². The molecule has 2 unspecified atom stereocenters. The maximum absolute atomic E-state index is 13.8. The molecule has 3 nitrogen and oxygen atoms in total. The molecule has 1 heterocycles. The molecule has 0 radical (unpaired) electrons. The highest BCUT2D eigenvalue weighted by molar-refractivity contribution is 6.30. The smallest absolute Gasteiger partial charge is 0.127 e. The Morgan fingerprint density at radius 1 is 1.47 bits per heavy atom. The minimum Gasteiger partial charge on any atom is -0.376 e. The highest BCUT2D eigenvalue weighted by atomic mass is 35.5. The maximum Gasteiger partial charge on any atom is 0.127 e. The molecule has 1 N–H and O–H groups in total. The predicted octanol–water partition coefficient (Wildman–Crippen LogP) is 2.42. The third kappa shape index (κ3) is 4.14. The van der Waals surface area contributed by atoms with Crippen molar-refractivity contribution in [3.05, 3.63) is 34.6 Å². The summed E-state index contributed by atoms with van der Waals surface area (Å²) in [5.41, 5.74) is 0.643. The summed E-state index contributed by atoms with van der Waals surface area (Å²) < 4.78 is 24.9. The van der Waals surface area contributed by atoms with Gasteiger partial charge >= 0.3 is 0 Å². The van der Waals surface area contributed by atoms with E-state index in [-0.39, 0.29) is 18.0 Å². The molecule has 2 rings (SSSR count). The van der Waals surface area contributed by atoms with Crippen molar-refractivity contribution in [1.82, 2.24) is 5.32 Å². The van der Waals surface area contributed by atoms with Gasteiger partial charge in [0.2, 0.25) is 0 Å². The van der Waals surface area contributed by atoms with E-state index in [0.717, 1.165) is 6.54 Å². The van der Waals surface area contributed by atoms with Crippen LogP contribution in [0.25, 0.3) is 0 Å². The number of rotatable bonds is 5. The first-order valence-electron chi connectivity index (χ1n) is 6.57. The summed E-state index contributed by atoms with van der Waals surface area (Å²) in [7, 11) is 0. The van der Waals surface area contributed by atoms with Gasteiger partial charge in [-0.05, 0) is 30.7 Å². The van der Waals surface area contributed by atoms with E-state index in [0.29, 0.717) is 36.8 Å². The zero-order valence-electron chi connectivity index (χ0n) is 11.0. The highest BCUT2D eigenvalue weighted by Gasteiger charge is 2.25. The fourth-order valence-corrected chi connectivity index (χ4v) is 2.42. The first-order valence-corrected chi connectivity index (χ1v) is 6.95.